The average molecular weight is 317 g/mol. The van der Waals surface area contributed by atoms with Crippen molar-refractivity contribution in [2.45, 2.75) is 51.1 Å². The van der Waals surface area contributed by atoms with Crippen LogP contribution in [0.2, 0.25) is 0 Å². The number of nitrogens with zero attached hydrogens (tertiary/aromatic N) is 2. The highest BCUT2D eigenvalue weighted by Gasteiger charge is 2.26. The second kappa shape index (κ2) is 6.75. The van der Waals surface area contributed by atoms with Gasteiger partial charge in [0.25, 0.3) is 0 Å². The molecule has 1 aliphatic heterocycles. The number of thiazole rings is 1. The second-order valence-electron chi connectivity index (χ2n) is 6.15. The highest BCUT2D eigenvalue weighted by Crippen LogP contribution is 2.23. The molecule has 1 amide bonds. The Labute approximate surface area is 135 Å². The van der Waals surface area contributed by atoms with Crippen molar-refractivity contribution in [3.63, 3.8) is 0 Å². The third-order valence-electron chi connectivity index (χ3n) is 4.36. The first kappa shape index (κ1) is 15.4. The molecule has 0 spiro atoms. The molecule has 2 aromatic rings. The molecule has 22 heavy (non-hydrogen) atoms. The minimum Gasteiger partial charge on any atom is -0.340 e. The maximum atomic E-state index is 12.3. The largest absolute Gasteiger partial charge is 0.340 e. The molecular weight excluding hydrogens is 294 g/mol. The number of rotatable bonds is 4. The first-order chi connectivity index (χ1) is 10.6. The summed E-state index contributed by atoms with van der Waals surface area (Å²) in [6, 6.07) is 8.72. The molecule has 1 aliphatic rings. The van der Waals surface area contributed by atoms with Crippen LogP contribution in [0.25, 0.3) is 10.2 Å². The number of carbonyl (C=O) groups is 1. The first-order valence-electron chi connectivity index (χ1n) is 8.03. The fourth-order valence-electron chi connectivity index (χ4n) is 3.14. The summed E-state index contributed by atoms with van der Waals surface area (Å²) in [5.41, 5.74) is 7.02. The maximum absolute atomic E-state index is 12.3. The normalized spacial score (nSPS) is 22.2. The molecule has 3 rings (SSSR count). The fraction of sp³-hybridized carbons (Fsp3) is 0.529. The van der Waals surface area contributed by atoms with Crippen LogP contribution >= 0.6 is 11.3 Å². The Morgan fingerprint density at radius 2 is 2.27 bits per heavy atom. The monoisotopic (exact) mass is 317 g/mol. The molecule has 2 heterocycles. The van der Waals surface area contributed by atoms with Crippen LogP contribution in [0.3, 0.4) is 0 Å². The third kappa shape index (κ3) is 3.47. The van der Waals surface area contributed by atoms with Gasteiger partial charge in [-0.3, -0.25) is 4.79 Å². The van der Waals surface area contributed by atoms with E-state index in [4.69, 9.17) is 5.73 Å². The summed E-state index contributed by atoms with van der Waals surface area (Å²) in [6.07, 6.45) is 4.20. The smallest absolute Gasteiger partial charge is 0.222 e. The molecule has 1 aromatic carbocycles. The van der Waals surface area contributed by atoms with Crippen LogP contribution in [0.5, 0.6) is 0 Å². The molecule has 0 radical (unpaired) electrons. The predicted molar refractivity (Wildman–Crippen MR) is 90.9 cm³/mol. The molecule has 0 bridgehead atoms. The lowest BCUT2D eigenvalue weighted by Gasteiger charge is -2.36. The summed E-state index contributed by atoms with van der Waals surface area (Å²) in [6.45, 7) is 2.91. The lowest BCUT2D eigenvalue weighted by Crippen LogP contribution is -2.48. The highest BCUT2D eigenvalue weighted by molar-refractivity contribution is 7.18. The fourth-order valence-corrected chi connectivity index (χ4v) is 4.15. The third-order valence-corrected chi connectivity index (χ3v) is 5.45. The van der Waals surface area contributed by atoms with E-state index >= 15 is 0 Å². The van der Waals surface area contributed by atoms with E-state index in [1.165, 1.54) is 4.70 Å². The molecule has 0 aliphatic carbocycles. The zero-order valence-electron chi connectivity index (χ0n) is 13.0. The van der Waals surface area contributed by atoms with Gasteiger partial charge in [-0.1, -0.05) is 12.1 Å². The van der Waals surface area contributed by atoms with Gasteiger partial charge in [0.1, 0.15) is 0 Å². The van der Waals surface area contributed by atoms with Crippen molar-refractivity contribution in [3.8, 4) is 0 Å². The number of likely N-dealkylation sites (tertiary alicyclic amines) is 1. The Kier molecular flexibility index (Phi) is 4.74. The molecule has 2 atom stereocenters. The van der Waals surface area contributed by atoms with Crippen LogP contribution in [0.1, 0.15) is 37.6 Å². The second-order valence-corrected chi connectivity index (χ2v) is 7.26. The lowest BCUT2D eigenvalue weighted by molar-refractivity contribution is -0.134. The number of amides is 1. The Morgan fingerprint density at radius 1 is 1.45 bits per heavy atom. The minimum absolute atomic E-state index is 0.252. The van der Waals surface area contributed by atoms with Crippen molar-refractivity contribution in [1.29, 1.82) is 0 Å². The number of piperidine rings is 1. The van der Waals surface area contributed by atoms with Gasteiger partial charge in [-0.15, -0.1) is 11.3 Å². The number of nitrogens with two attached hydrogens (primary N) is 1. The van der Waals surface area contributed by atoms with Gasteiger partial charge in [-0.2, -0.15) is 0 Å². The van der Waals surface area contributed by atoms with Crippen molar-refractivity contribution in [1.82, 2.24) is 9.88 Å². The quantitative estimate of drug-likeness (QED) is 0.943. The number of hydrogen-bond donors (Lipinski definition) is 1. The molecule has 5 heteroatoms. The van der Waals surface area contributed by atoms with Gasteiger partial charge in [0, 0.05) is 25.0 Å². The van der Waals surface area contributed by atoms with Gasteiger partial charge in [0.15, 0.2) is 0 Å². The zero-order chi connectivity index (χ0) is 15.5. The molecule has 1 saturated heterocycles. The molecular formula is C17H23N3OS. The van der Waals surface area contributed by atoms with Crippen LogP contribution in [0.4, 0.5) is 0 Å². The van der Waals surface area contributed by atoms with Crippen LogP contribution in [-0.4, -0.2) is 34.4 Å². The minimum atomic E-state index is 0.252. The predicted octanol–water partition coefficient (Wildman–Crippen LogP) is 2.96. The van der Waals surface area contributed by atoms with E-state index in [0.29, 0.717) is 6.42 Å². The van der Waals surface area contributed by atoms with Crippen molar-refractivity contribution in [3.05, 3.63) is 29.3 Å². The topological polar surface area (TPSA) is 59.2 Å². The van der Waals surface area contributed by atoms with Crippen molar-refractivity contribution in [2.75, 3.05) is 6.54 Å². The number of aromatic nitrogens is 1. The summed E-state index contributed by atoms with van der Waals surface area (Å²) in [4.78, 5) is 19.0. The molecule has 118 valence electrons. The molecule has 0 saturated carbocycles. The van der Waals surface area contributed by atoms with Gasteiger partial charge in [0.05, 0.1) is 15.2 Å². The molecule has 4 nitrogen and oxygen atoms in total. The molecule has 0 unspecified atom stereocenters. The van der Waals surface area contributed by atoms with E-state index in [-0.39, 0.29) is 18.0 Å². The zero-order valence-corrected chi connectivity index (χ0v) is 13.8. The van der Waals surface area contributed by atoms with Crippen molar-refractivity contribution in [2.24, 2.45) is 5.73 Å². The Balaban J connectivity index is 1.51. The Hall–Kier alpha value is -1.46. The van der Waals surface area contributed by atoms with Crippen LogP contribution in [-0.2, 0) is 11.2 Å². The van der Waals surface area contributed by atoms with Gasteiger partial charge < -0.3 is 10.6 Å². The summed E-state index contributed by atoms with van der Waals surface area (Å²) in [7, 11) is 0. The Bertz CT molecular complexity index is 621. The number of fused-ring (bicyclic) bond motifs is 1. The first-order valence-corrected chi connectivity index (χ1v) is 8.84. The van der Waals surface area contributed by atoms with E-state index in [9.17, 15) is 4.79 Å². The molecule has 1 aromatic heterocycles. The molecule has 2 N–H and O–H groups in total. The highest BCUT2D eigenvalue weighted by atomic mass is 32.1. The number of benzene rings is 1. The summed E-state index contributed by atoms with van der Waals surface area (Å²) >= 11 is 1.73. The van der Waals surface area contributed by atoms with Gasteiger partial charge >= 0.3 is 0 Å². The number of carbonyl (C=O) groups excluding carboxylic acids is 1. The number of hydrogen-bond acceptors (Lipinski definition) is 4. The number of aryl methyl sites for hydroxylation is 1. The van der Waals surface area contributed by atoms with Crippen LogP contribution in [0, 0.1) is 0 Å². The van der Waals surface area contributed by atoms with Gasteiger partial charge in [-0.25, -0.2) is 4.98 Å². The SMILES string of the molecule is C[C@H]1C[C@@H](N)CCN1C(=O)CCCc1nc2ccccc2s1. The maximum Gasteiger partial charge on any atom is 0.222 e. The molecule has 1 fully saturated rings. The van der Waals surface area contributed by atoms with Crippen LogP contribution in [0.15, 0.2) is 24.3 Å². The van der Waals surface area contributed by atoms with Gasteiger partial charge in [-0.05, 0) is 44.7 Å². The van der Waals surface area contributed by atoms with Gasteiger partial charge in [0.2, 0.25) is 5.91 Å². The lowest BCUT2D eigenvalue weighted by atomic mass is 9.98. The van der Waals surface area contributed by atoms with E-state index in [0.717, 1.165) is 42.8 Å². The van der Waals surface area contributed by atoms with Crippen molar-refractivity contribution < 1.29 is 4.79 Å². The van der Waals surface area contributed by atoms with E-state index in [1.807, 2.05) is 23.1 Å². The number of para-hydroxylation sites is 1. The summed E-state index contributed by atoms with van der Waals surface area (Å²) in [5, 5.41) is 1.13. The van der Waals surface area contributed by atoms with E-state index < -0.39 is 0 Å². The van der Waals surface area contributed by atoms with E-state index in [2.05, 4.69) is 18.0 Å². The average Bonchev–Trinajstić information content (AvgIpc) is 2.89. The van der Waals surface area contributed by atoms with Crippen molar-refractivity contribution >= 4 is 27.5 Å². The van der Waals surface area contributed by atoms with E-state index in [1.54, 1.807) is 11.3 Å². The van der Waals surface area contributed by atoms with Crippen LogP contribution < -0.4 is 5.73 Å². The Morgan fingerprint density at radius 3 is 3.05 bits per heavy atom. The summed E-state index contributed by atoms with van der Waals surface area (Å²) in [5.74, 6) is 0.264. The standard InChI is InChI=1S/C17H23N3OS/c1-12-11-13(18)9-10-20(12)17(21)8-4-7-16-19-14-5-2-3-6-15(14)22-16/h2-3,5-6,12-13H,4,7-11,18H2,1H3/t12-,13-/m0/s1. The summed E-state index contributed by atoms with van der Waals surface area (Å²) < 4.78 is 1.22.